The van der Waals surface area contributed by atoms with Crippen molar-refractivity contribution in [1.29, 1.82) is 0 Å². The summed E-state index contributed by atoms with van der Waals surface area (Å²) in [5, 5.41) is 15.3. The molecule has 0 atom stereocenters. The van der Waals surface area contributed by atoms with Gasteiger partial charge in [-0.1, -0.05) is 6.07 Å². The van der Waals surface area contributed by atoms with Crippen molar-refractivity contribution in [2.75, 3.05) is 11.9 Å². The molecule has 3 heterocycles. The number of anilines is 2. The van der Waals surface area contributed by atoms with Crippen LogP contribution >= 0.6 is 11.3 Å². The lowest BCUT2D eigenvalue weighted by atomic mass is 9.82. The molecule has 0 radical (unpaired) electrons. The standard InChI is InChI=1S/C24H26N4O3S/c1-15-11-12-25-22(13-15)28-21-4-2-3-18(27-21)19-9-10-20(32-19)23(29)26-14-16-5-7-17(8-6-16)24(30)31/h2-4,9-13,16-17H,5-8,14H2,1H3,(H,26,29)(H,30,31)(H,25,27,28). The largest absolute Gasteiger partial charge is 0.481 e. The number of aryl methyl sites for hydroxylation is 1. The summed E-state index contributed by atoms with van der Waals surface area (Å²) in [4.78, 5) is 34.2. The quantitative estimate of drug-likeness (QED) is 0.474. The highest BCUT2D eigenvalue weighted by Crippen LogP contribution is 2.30. The van der Waals surface area contributed by atoms with Crippen molar-refractivity contribution >= 4 is 34.8 Å². The number of pyridine rings is 2. The number of aromatic nitrogens is 2. The van der Waals surface area contributed by atoms with Crippen LogP contribution in [-0.4, -0.2) is 33.5 Å². The minimum absolute atomic E-state index is 0.0974. The van der Waals surface area contributed by atoms with Crippen molar-refractivity contribution < 1.29 is 14.7 Å². The third-order valence-electron chi connectivity index (χ3n) is 5.75. The number of carboxylic acid groups (broad SMARTS) is 1. The highest BCUT2D eigenvalue weighted by Gasteiger charge is 2.26. The lowest BCUT2D eigenvalue weighted by molar-refractivity contribution is -0.143. The molecule has 3 aromatic rings. The molecule has 3 aromatic heterocycles. The lowest BCUT2D eigenvalue weighted by Crippen LogP contribution is -2.32. The summed E-state index contributed by atoms with van der Waals surface area (Å²) in [6.07, 6.45) is 4.81. The molecule has 8 heteroatoms. The number of rotatable bonds is 7. The van der Waals surface area contributed by atoms with Crippen LogP contribution in [0.15, 0.2) is 48.7 Å². The van der Waals surface area contributed by atoms with Gasteiger partial charge in [-0.15, -0.1) is 11.3 Å². The highest BCUT2D eigenvalue weighted by molar-refractivity contribution is 7.17. The van der Waals surface area contributed by atoms with Crippen molar-refractivity contribution in [2.45, 2.75) is 32.6 Å². The topological polar surface area (TPSA) is 104 Å². The number of hydrogen-bond acceptors (Lipinski definition) is 6. The third kappa shape index (κ3) is 5.50. The summed E-state index contributed by atoms with van der Waals surface area (Å²) in [7, 11) is 0. The molecule has 7 nitrogen and oxygen atoms in total. The number of amides is 1. The molecule has 1 aliphatic carbocycles. The first-order valence-corrected chi connectivity index (χ1v) is 11.6. The van der Waals surface area contributed by atoms with Gasteiger partial charge in [0.05, 0.1) is 21.4 Å². The lowest BCUT2D eigenvalue weighted by Gasteiger charge is -2.26. The molecule has 1 amide bonds. The summed E-state index contributed by atoms with van der Waals surface area (Å²) in [5.74, 6) is 0.728. The second-order valence-corrected chi connectivity index (χ2v) is 9.27. The van der Waals surface area contributed by atoms with Crippen LogP contribution in [0.25, 0.3) is 10.6 Å². The number of thiophene rings is 1. The number of hydrogen-bond donors (Lipinski definition) is 3. The van der Waals surface area contributed by atoms with E-state index in [0.29, 0.717) is 36.0 Å². The Balaban J connectivity index is 1.35. The fourth-order valence-corrected chi connectivity index (χ4v) is 4.80. The van der Waals surface area contributed by atoms with Gasteiger partial charge in [-0.2, -0.15) is 0 Å². The van der Waals surface area contributed by atoms with Crippen molar-refractivity contribution in [3.63, 3.8) is 0 Å². The summed E-state index contributed by atoms with van der Waals surface area (Å²) < 4.78 is 0. The van der Waals surface area contributed by atoms with E-state index in [2.05, 4.69) is 20.6 Å². The fraction of sp³-hybridized carbons (Fsp3) is 0.333. The van der Waals surface area contributed by atoms with Gasteiger partial charge < -0.3 is 15.7 Å². The average molecular weight is 451 g/mol. The van der Waals surface area contributed by atoms with Gasteiger partial charge in [-0.05, 0) is 80.5 Å². The molecule has 0 saturated heterocycles. The molecule has 1 saturated carbocycles. The zero-order valence-corrected chi connectivity index (χ0v) is 18.7. The van der Waals surface area contributed by atoms with Crippen LogP contribution in [0.4, 0.5) is 11.6 Å². The van der Waals surface area contributed by atoms with E-state index in [1.165, 1.54) is 11.3 Å². The summed E-state index contributed by atoms with van der Waals surface area (Å²) in [6, 6.07) is 13.4. The van der Waals surface area contributed by atoms with Crippen LogP contribution in [-0.2, 0) is 4.79 Å². The van der Waals surface area contributed by atoms with Crippen LogP contribution in [0.2, 0.25) is 0 Å². The average Bonchev–Trinajstić information content (AvgIpc) is 3.28. The molecule has 32 heavy (non-hydrogen) atoms. The van der Waals surface area contributed by atoms with Gasteiger partial charge in [-0.3, -0.25) is 9.59 Å². The van der Waals surface area contributed by atoms with Gasteiger partial charge in [0.25, 0.3) is 5.91 Å². The molecular weight excluding hydrogens is 424 g/mol. The molecule has 4 rings (SSSR count). The molecule has 1 aliphatic rings. The Bertz CT molecular complexity index is 1110. The second kappa shape index (κ2) is 9.91. The first-order valence-electron chi connectivity index (χ1n) is 10.8. The minimum atomic E-state index is -0.707. The Morgan fingerprint density at radius 2 is 1.91 bits per heavy atom. The van der Waals surface area contributed by atoms with Gasteiger partial charge in [-0.25, -0.2) is 9.97 Å². The zero-order chi connectivity index (χ0) is 22.5. The molecule has 0 aromatic carbocycles. The minimum Gasteiger partial charge on any atom is -0.481 e. The van der Waals surface area contributed by atoms with E-state index < -0.39 is 5.97 Å². The molecule has 1 fully saturated rings. The number of nitrogens with one attached hydrogen (secondary N) is 2. The Morgan fingerprint density at radius 1 is 1.09 bits per heavy atom. The molecule has 3 N–H and O–H groups in total. The summed E-state index contributed by atoms with van der Waals surface area (Å²) >= 11 is 1.41. The third-order valence-corrected chi connectivity index (χ3v) is 6.86. The zero-order valence-electron chi connectivity index (χ0n) is 17.9. The predicted molar refractivity (Wildman–Crippen MR) is 125 cm³/mol. The van der Waals surface area contributed by atoms with Crippen LogP contribution in [0.1, 0.15) is 40.9 Å². The number of carbonyl (C=O) groups is 2. The van der Waals surface area contributed by atoms with E-state index in [9.17, 15) is 9.59 Å². The predicted octanol–water partition coefficient (Wildman–Crippen LogP) is 4.88. The van der Waals surface area contributed by atoms with E-state index in [0.717, 1.165) is 34.8 Å². The molecule has 0 aliphatic heterocycles. The molecule has 0 bridgehead atoms. The van der Waals surface area contributed by atoms with E-state index in [-0.39, 0.29) is 11.8 Å². The molecular formula is C24H26N4O3S. The summed E-state index contributed by atoms with van der Waals surface area (Å²) in [5.41, 5.74) is 1.90. The Labute approximate surface area is 190 Å². The maximum absolute atomic E-state index is 12.6. The Morgan fingerprint density at radius 3 is 2.66 bits per heavy atom. The van der Waals surface area contributed by atoms with Crippen molar-refractivity contribution in [1.82, 2.24) is 15.3 Å². The van der Waals surface area contributed by atoms with Gasteiger partial charge in [0.15, 0.2) is 0 Å². The maximum atomic E-state index is 12.6. The van der Waals surface area contributed by atoms with Crippen LogP contribution in [0.3, 0.4) is 0 Å². The second-order valence-electron chi connectivity index (χ2n) is 8.18. The van der Waals surface area contributed by atoms with Gasteiger partial charge in [0.1, 0.15) is 11.6 Å². The van der Waals surface area contributed by atoms with E-state index in [1.54, 1.807) is 6.20 Å². The van der Waals surface area contributed by atoms with Crippen molar-refractivity contribution in [2.24, 2.45) is 11.8 Å². The van der Waals surface area contributed by atoms with Crippen molar-refractivity contribution in [3.05, 3.63) is 59.1 Å². The van der Waals surface area contributed by atoms with Crippen LogP contribution in [0.5, 0.6) is 0 Å². The first-order chi connectivity index (χ1) is 15.5. The normalized spacial score (nSPS) is 18.2. The fourth-order valence-electron chi connectivity index (χ4n) is 3.91. The van der Waals surface area contributed by atoms with E-state index in [1.807, 2.05) is 49.4 Å². The Kier molecular flexibility index (Phi) is 6.80. The van der Waals surface area contributed by atoms with Gasteiger partial charge in [0.2, 0.25) is 0 Å². The number of carbonyl (C=O) groups excluding carboxylic acids is 1. The van der Waals surface area contributed by atoms with Gasteiger partial charge in [0, 0.05) is 12.7 Å². The molecule has 0 spiro atoms. The highest BCUT2D eigenvalue weighted by atomic mass is 32.1. The molecule has 166 valence electrons. The van der Waals surface area contributed by atoms with Crippen LogP contribution < -0.4 is 10.6 Å². The first kappa shape index (κ1) is 22.0. The monoisotopic (exact) mass is 450 g/mol. The van der Waals surface area contributed by atoms with Crippen molar-refractivity contribution in [3.8, 4) is 10.6 Å². The number of aliphatic carboxylic acids is 1. The maximum Gasteiger partial charge on any atom is 0.306 e. The van der Waals surface area contributed by atoms with Crippen LogP contribution in [0, 0.1) is 18.8 Å². The number of nitrogens with zero attached hydrogens (tertiary/aromatic N) is 2. The van der Waals surface area contributed by atoms with Gasteiger partial charge >= 0.3 is 5.97 Å². The SMILES string of the molecule is Cc1ccnc(Nc2cccc(-c3ccc(C(=O)NCC4CCC(C(=O)O)CC4)s3)n2)c1. The molecule has 0 unspecified atom stereocenters. The Hall–Kier alpha value is -3.26. The summed E-state index contributed by atoms with van der Waals surface area (Å²) in [6.45, 7) is 2.59. The van der Waals surface area contributed by atoms with E-state index in [4.69, 9.17) is 5.11 Å². The van der Waals surface area contributed by atoms with E-state index >= 15 is 0 Å². The smallest absolute Gasteiger partial charge is 0.306 e. The number of carboxylic acids is 1.